The van der Waals surface area contributed by atoms with Crippen molar-refractivity contribution in [2.45, 2.75) is 75.3 Å². The van der Waals surface area contributed by atoms with E-state index in [0.29, 0.717) is 12.2 Å². The molecule has 4 aliphatic carbocycles. The van der Waals surface area contributed by atoms with Crippen molar-refractivity contribution in [3.8, 4) is 0 Å². The van der Waals surface area contributed by atoms with Crippen LogP contribution in [0.5, 0.6) is 0 Å². The van der Waals surface area contributed by atoms with Crippen LogP contribution in [0, 0.1) is 23.2 Å². The summed E-state index contributed by atoms with van der Waals surface area (Å²) in [4.78, 5) is 13.2. The highest BCUT2D eigenvalue weighted by Gasteiger charge is 2.53. The predicted molar refractivity (Wildman–Crippen MR) is 118 cm³/mol. The van der Waals surface area contributed by atoms with E-state index in [9.17, 15) is 13.2 Å². The van der Waals surface area contributed by atoms with Gasteiger partial charge in [-0.2, -0.15) is 0 Å². The molecule has 5 fully saturated rings. The van der Waals surface area contributed by atoms with Crippen molar-refractivity contribution in [2.24, 2.45) is 23.2 Å². The Bertz CT molecular complexity index is 903. The lowest BCUT2D eigenvalue weighted by atomic mass is 9.48. The Morgan fingerprint density at radius 3 is 2.45 bits per heavy atom. The maximum Gasteiger partial charge on any atom is 0.251 e. The van der Waals surface area contributed by atoms with Crippen LogP contribution in [0.15, 0.2) is 29.2 Å². The van der Waals surface area contributed by atoms with Crippen LogP contribution in [0.4, 0.5) is 0 Å². The fourth-order valence-corrected chi connectivity index (χ4v) is 8.15. The molecule has 0 aromatic heterocycles. The number of carbonyl (C=O) groups is 1. The van der Waals surface area contributed by atoms with Crippen molar-refractivity contribution in [2.75, 3.05) is 13.2 Å². The maximum absolute atomic E-state index is 13.0. The third-order valence-corrected chi connectivity index (χ3v) is 9.70. The second-order valence-electron chi connectivity index (χ2n) is 10.5. The van der Waals surface area contributed by atoms with E-state index in [0.717, 1.165) is 30.6 Å². The van der Waals surface area contributed by atoms with Gasteiger partial charge in [0.05, 0.1) is 11.0 Å². The summed E-state index contributed by atoms with van der Waals surface area (Å²) in [6.07, 6.45) is 9.56. The average Bonchev–Trinajstić information content (AvgIpc) is 3.25. The van der Waals surface area contributed by atoms with Crippen LogP contribution in [0.1, 0.15) is 68.6 Å². The molecule has 2 unspecified atom stereocenters. The number of hydrogen-bond acceptors (Lipinski definition) is 4. The molecule has 1 saturated heterocycles. The van der Waals surface area contributed by atoms with E-state index in [1.54, 1.807) is 12.1 Å². The highest BCUT2D eigenvalue weighted by atomic mass is 32.2. The van der Waals surface area contributed by atoms with E-state index >= 15 is 0 Å². The summed E-state index contributed by atoms with van der Waals surface area (Å²) in [6, 6.07) is 6.47. The van der Waals surface area contributed by atoms with Gasteiger partial charge in [-0.15, -0.1) is 0 Å². The standard InChI is InChI=1S/C24H34N2O4S/c1-16(24-12-17-8-18(13-24)10-19(9-17)14-24)26-23(27)20-4-2-6-22(11-20)31(28,29)25-15-21-5-3-7-30-21/h2,4,6,11,16-19,21,25H,3,5,7-10,12-15H2,1H3,(H,26,27). The van der Waals surface area contributed by atoms with E-state index in [-0.39, 0.29) is 34.9 Å². The van der Waals surface area contributed by atoms with Gasteiger partial charge >= 0.3 is 0 Å². The topological polar surface area (TPSA) is 84.5 Å². The number of amides is 1. The SMILES string of the molecule is CC(NC(=O)c1cccc(S(=O)(=O)NCC2CCCO2)c1)C12CC3CC(CC(C3)C1)C2. The molecule has 4 bridgehead atoms. The minimum atomic E-state index is -3.68. The third kappa shape index (κ3) is 4.29. The molecule has 170 valence electrons. The smallest absolute Gasteiger partial charge is 0.251 e. The summed E-state index contributed by atoms with van der Waals surface area (Å²) >= 11 is 0. The van der Waals surface area contributed by atoms with Crippen LogP contribution in [-0.4, -0.2) is 39.6 Å². The molecule has 7 heteroatoms. The molecule has 1 aromatic carbocycles. The molecular formula is C24H34N2O4S. The van der Waals surface area contributed by atoms with Crippen LogP contribution in [0.25, 0.3) is 0 Å². The Labute approximate surface area is 185 Å². The van der Waals surface area contributed by atoms with Gasteiger partial charge in [0.2, 0.25) is 10.0 Å². The minimum absolute atomic E-state index is 0.0672. The number of sulfonamides is 1. The molecule has 6 nitrogen and oxygen atoms in total. The zero-order chi connectivity index (χ0) is 21.6. The highest BCUT2D eigenvalue weighted by molar-refractivity contribution is 7.89. The van der Waals surface area contributed by atoms with Gasteiger partial charge in [-0.1, -0.05) is 6.07 Å². The van der Waals surface area contributed by atoms with Crippen molar-refractivity contribution in [3.05, 3.63) is 29.8 Å². The third-order valence-electron chi connectivity index (χ3n) is 8.28. The molecule has 5 aliphatic rings. The zero-order valence-electron chi connectivity index (χ0n) is 18.3. The van der Waals surface area contributed by atoms with Crippen molar-refractivity contribution < 1.29 is 17.9 Å². The van der Waals surface area contributed by atoms with Crippen LogP contribution >= 0.6 is 0 Å². The normalized spacial score (nSPS) is 35.3. The lowest BCUT2D eigenvalue weighted by Gasteiger charge is -2.59. The lowest BCUT2D eigenvalue weighted by molar-refractivity contribution is -0.0688. The van der Waals surface area contributed by atoms with Crippen LogP contribution in [-0.2, 0) is 14.8 Å². The number of hydrogen-bond donors (Lipinski definition) is 2. The Morgan fingerprint density at radius 2 is 1.84 bits per heavy atom. The first-order valence-electron chi connectivity index (χ1n) is 11.9. The number of rotatable bonds is 7. The monoisotopic (exact) mass is 446 g/mol. The Kier molecular flexibility index (Phi) is 5.64. The first-order valence-corrected chi connectivity index (χ1v) is 13.3. The quantitative estimate of drug-likeness (QED) is 0.672. The van der Waals surface area contributed by atoms with Gasteiger partial charge in [0, 0.05) is 24.8 Å². The average molecular weight is 447 g/mol. The lowest BCUT2D eigenvalue weighted by Crippen LogP contribution is -2.55. The Balaban J connectivity index is 1.26. The summed E-state index contributed by atoms with van der Waals surface area (Å²) in [5.41, 5.74) is 0.619. The molecule has 1 amide bonds. The van der Waals surface area contributed by atoms with E-state index in [2.05, 4.69) is 17.0 Å². The van der Waals surface area contributed by atoms with Gasteiger partial charge < -0.3 is 10.1 Å². The van der Waals surface area contributed by atoms with E-state index < -0.39 is 10.0 Å². The molecule has 1 aliphatic heterocycles. The fraction of sp³-hybridized carbons (Fsp3) is 0.708. The van der Waals surface area contributed by atoms with Crippen molar-refractivity contribution in [1.29, 1.82) is 0 Å². The maximum atomic E-state index is 13.0. The van der Waals surface area contributed by atoms with Crippen LogP contribution in [0.3, 0.4) is 0 Å². The van der Waals surface area contributed by atoms with E-state index in [1.807, 2.05) is 0 Å². The number of nitrogens with one attached hydrogen (secondary N) is 2. The first-order chi connectivity index (χ1) is 14.8. The van der Waals surface area contributed by atoms with Gasteiger partial charge in [-0.25, -0.2) is 13.1 Å². The van der Waals surface area contributed by atoms with Crippen LogP contribution < -0.4 is 10.0 Å². The molecule has 6 rings (SSSR count). The number of ether oxygens (including phenoxy) is 1. The summed E-state index contributed by atoms with van der Waals surface area (Å²) in [6.45, 7) is 3.10. The van der Waals surface area contributed by atoms with Crippen molar-refractivity contribution in [3.63, 3.8) is 0 Å². The summed E-state index contributed by atoms with van der Waals surface area (Å²) in [5.74, 6) is 2.30. The van der Waals surface area contributed by atoms with Gasteiger partial charge in [-0.3, -0.25) is 4.79 Å². The van der Waals surface area contributed by atoms with Gasteiger partial charge in [0.15, 0.2) is 0 Å². The number of carbonyl (C=O) groups excluding carboxylic acids is 1. The molecule has 2 N–H and O–H groups in total. The molecule has 2 atom stereocenters. The van der Waals surface area contributed by atoms with Crippen molar-refractivity contribution >= 4 is 15.9 Å². The zero-order valence-corrected chi connectivity index (χ0v) is 19.1. The molecule has 1 aromatic rings. The summed E-state index contributed by atoms with van der Waals surface area (Å²) in [5, 5.41) is 3.23. The molecular weight excluding hydrogens is 412 g/mol. The summed E-state index contributed by atoms with van der Waals surface area (Å²) in [7, 11) is -3.68. The molecule has 4 saturated carbocycles. The van der Waals surface area contributed by atoms with Gasteiger partial charge in [-0.05, 0) is 99.7 Å². The van der Waals surface area contributed by atoms with Crippen molar-refractivity contribution in [1.82, 2.24) is 10.0 Å². The first kappa shape index (κ1) is 21.4. The highest BCUT2D eigenvalue weighted by Crippen LogP contribution is 2.61. The largest absolute Gasteiger partial charge is 0.377 e. The molecule has 1 heterocycles. The molecule has 0 radical (unpaired) electrons. The van der Waals surface area contributed by atoms with E-state index in [4.69, 9.17) is 4.74 Å². The van der Waals surface area contributed by atoms with Gasteiger partial charge in [0.1, 0.15) is 0 Å². The Morgan fingerprint density at radius 1 is 1.16 bits per heavy atom. The second kappa shape index (κ2) is 8.16. The van der Waals surface area contributed by atoms with Gasteiger partial charge in [0.25, 0.3) is 5.91 Å². The second-order valence-corrected chi connectivity index (χ2v) is 12.3. The summed E-state index contributed by atoms with van der Waals surface area (Å²) < 4.78 is 33.6. The molecule has 0 spiro atoms. The fourth-order valence-electron chi connectivity index (χ4n) is 7.04. The predicted octanol–water partition coefficient (Wildman–Crippen LogP) is 3.48. The van der Waals surface area contributed by atoms with Crippen LogP contribution in [0.2, 0.25) is 0 Å². The Hall–Kier alpha value is -1.44. The minimum Gasteiger partial charge on any atom is -0.377 e. The van der Waals surface area contributed by atoms with E-state index in [1.165, 1.54) is 50.7 Å². The molecule has 31 heavy (non-hydrogen) atoms. The number of benzene rings is 1.